The van der Waals surface area contributed by atoms with E-state index in [1.807, 2.05) is 0 Å². The molecule has 4 rings (SSSR count). The van der Waals surface area contributed by atoms with E-state index in [0.717, 1.165) is 60.1 Å². The fourth-order valence-electron chi connectivity index (χ4n) is 6.02. The molecular weight excluding hydrogens is 752 g/mol. The van der Waals surface area contributed by atoms with E-state index in [-0.39, 0.29) is 23.7 Å². The molecule has 0 aliphatic carbocycles. The second-order valence-electron chi connectivity index (χ2n) is 13.9. The maximum atomic E-state index is 14.6. The van der Waals surface area contributed by atoms with Gasteiger partial charge in [0.05, 0.1) is 53.4 Å². The molecule has 2 aromatic heterocycles. The van der Waals surface area contributed by atoms with E-state index in [9.17, 15) is 45.5 Å². The van der Waals surface area contributed by atoms with Crippen LogP contribution in [0.15, 0.2) is 60.9 Å². The fourth-order valence-corrected chi connectivity index (χ4v) is 6.02. The van der Waals surface area contributed by atoms with Crippen LogP contribution < -0.4 is 16.0 Å². The number of carbonyl (C=O) groups is 4. The van der Waals surface area contributed by atoms with Gasteiger partial charge in [-0.25, -0.2) is 14.2 Å². The van der Waals surface area contributed by atoms with E-state index in [1.54, 1.807) is 27.7 Å². The summed E-state index contributed by atoms with van der Waals surface area (Å²) in [7, 11) is 1.15. The molecular formula is C36H41F6N9O5. The van der Waals surface area contributed by atoms with Gasteiger partial charge in [0.15, 0.2) is 0 Å². The number of halogens is 6. The molecule has 0 aliphatic heterocycles. The summed E-state index contributed by atoms with van der Waals surface area (Å²) in [5, 5.41) is 23.5. The highest BCUT2D eigenvalue weighted by Crippen LogP contribution is 2.35. The quantitative estimate of drug-likeness (QED) is 0.117. The van der Waals surface area contributed by atoms with Gasteiger partial charge in [0.25, 0.3) is 0 Å². The average Bonchev–Trinajstić information content (AvgIpc) is 3.78. The Hall–Kier alpha value is -5.82. The first-order chi connectivity index (χ1) is 26.1. The van der Waals surface area contributed by atoms with E-state index < -0.39 is 94.9 Å². The highest BCUT2D eigenvalue weighted by molar-refractivity contribution is 5.96. The standard InChI is InChI=1S/C36H41F6N9O5/c1-20(2)15-27(31(53)44-30(21(3)4)32(54)56-6)43-33(55)34(45-22(5)52,16-23-18-50(48-46-23)28-13-9-7-11-25(28)35(37,38)39)17-24-19-51(49-47-24)29-14-10-8-12-26(29)36(40,41)42/h7-14,18-21,27,30H,15-17H2,1-6H3,(H,43,55)(H,44,53)(H,45,52)/t27-,30-/m0/s1. The number of nitrogens with one attached hydrogen (secondary N) is 3. The van der Waals surface area contributed by atoms with E-state index in [4.69, 9.17) is 4.74 Å². The van der Waals surface area contributed by atoms with Gasteiger partial charge in [-0.05, 0) is 42.5 Å². The Bertz CT molecular complexity index is 1930. The van der Waals surface area contributed by atoms with Crippen LogP contribution in [-0.2, 0) is 49.1 Å². The number of nitrogens with zero attached hydrogens (tertiary/aromatic N) is 6. The average molecular weight is 794 g/mol. The maximum absolute atomic E-state index is 14.6. The summed E-state index contributed by atoms with van der Waals surface area (Å²) in [5.41, 5.74) is -5.21. The Kier molecular flexibility index (Phi) is 13.3. The number of para-hydroxylation sites is 2. The fraction of sp³-hybridized carbons (Fsp3) is 0.444. The van der Waals surface area contributed by atoms with Crippen LogP contribution in [0.1, 0.15) is 63.6 Å². The molecule has 0 saturated heterocycles. The Labute approximate surface area is 317 Å². The van der Waals surface area contributed by atoms with Crippen molar-refractivity contribution in [2.45, 2.75) is 83.9 Å². The van der Waals surface area contributed by atoms with Crippen molar-refractivity contribution >= 4 is 23.7 Å². The van der Waals surface area contributed by atoms with Crippen molar-refractivity contribution in [1.29, 1.82) is 0 Å². The first kappa shape index (κ1) is 42.9. The number of ether oxygens (including phenoxy) is 1. The molecule has 302 valence electrons. The number of alkyl halides is 6. The lowest BCUT2D eigenvalue weighted by Crippen LogP contribution is -2.64. The third kappa shape index (κ3) is 10.5. The summed E-state index contributed by atoms with van der Waals surface area (Å²) in [6.45, 7) is 7.95. The van der Waals surface area contributed by atoms with Gasteiger partial charge >= 0.3 is 18.3 Å². The minimum atomic E-state index is -4.77. The van der Waals surface area contributed by atoms with Crippen LogP contribution in [0.25, 0.3) is 11.4 Å². The van der Waals surface area contributed by atoms with Gasteiger partial charge in [0, 0.05) is 19.8 Å². The van der Waals surface area contributed by atoms with Crippen molar-refractivity contribution in [1.82, 2.24) is 45.9 Å². The predicted octanol–water partition coefficient (Wildman–Crippen LogP) is 4.39. The van der Waals surface area contributed by atoms with Crippen LogP contribution >= 0.6 is 0 Å². The minimum absolute atomic E-state index is 0.0362. The number of amides is 3. The summed E-state index contributed by atoms with van der Waals surface area (Å²) in [5.74, 6) is -3.91. The monoisotopic (exact) mass is 793 g/mol. The van der Waals surface area contributed by atoms with Crippen molar-refractivity contribution in [2.24, 2.45) is 11.8 Å². The molecule has 0 saturated carbocycles. The minimum Gasteiger partial charge on any atom is -0.467 e. The zero-order valence-electron chi connectivity index (χ0n) is 31.2. The van der Waals surface area contributed by atoms with E-state index in [0.29, 0.717) is 0 Å². The van der Waals surface area contributed by atoms with Gasteiger partial charge in [0.1, 0.15) is 17.6 Å². The molecule has 20 heteroatoms. The number of carbonyl (C=O) groups excluding carboxylic acids is 4. The summed E-state index contributed by atoms with van der Waals surface area (Å²) in [6, 6.07) is 6.67. The largest absolute Gasteiger partial charge is 0.467 e. The molecule has 0 radical (unpaired) electrons. The van der Waals surface area contributed by atoms with Crippen molar-refractivity contribution in [2.75, 3.05) is 7.11 Å². The maximum Gasteiger partial charge on any atom is 0.418 e. The molecule has 2 atom stereocenters. The number of esters is 1. The lowest BCUT2D eigenvalue weighted by atomic mass is 9.86. The number of methoxy groups -OCH3 is 1. The zero-order valence-corrected chi connectivity index (χ0v) is 31.2. The predicted molar refractivity (Wildman–Crippen MR) is 187 cm³/mol. The van der Waals surface area contributed by atoms with Crippen LogP contribution in [0.2, 0.25) is 0 Å². The zero-order chi connectivity index (χ0) is 41.6. The molecule has 56 heavy (non-hydrogen) atoms. The molecule has 0 aliphatic rings. The molecule has 0 bridgehead atoms. The highest BCUT2D eigenvalue weighted by atomic mass is 19.4. The topological polar surface area (TPSA) is 175 Å². The summed E-state index contributed by atoms with van der Waals surface area (Å²) in [6.07, 6.45) is -8.40. The van der Waals surface area contributed by atoms with Gasteiger partial charge in [-0.15, -0.1) is 10.2 Å². The summed E-state index contributed by atoms with van der Waals surface area (Å²) < 4.78 is 89.8. The SMILES string of the molecule is COC(=O)[C@@H](NC(=O)[C@H](CC(C)C)NC(=O)C(Cc1cn(-c2ccccc2C(F)(F)F)nn1)(Cc1cn(-c2ccccc2C(F)(F)F)nn1)NC(C)=O)C(C)C. The van der Waals surface area contributed by atoms with E-state index >= 15 is 0 Å². The Morgan fingerprint density at radius 1 is 0.750 bits per heavy atom. The lowest BCUT2D eigenvalue weighted by molar-refractivity contribution is -0.147. The normalized spacial score (nSPS) is 13.3. The molecule has 0 fully saturated rings. The van der Waals surface area contributed by atoms with Crippen LogP contribution in [0.5, 0.6) is 0 Å². The molecule has 3 amide bonds. The number of rotatable bonds is 15. The Morgan fingerprint density at radius 3 is 1.61 bits per heavy atom. The van der Waals surface area contributed by atoms with Gasteiger partial charge < -0.3 is 20.7 Å². The molecule has 0 spiro atoms. The molecule has 2 aromatic carbocycles. The van der Waals surface area contributed by atoms with Crippen LogP contribution in [0.3, 0.4) is 0 Å². The van der Waals surface area contributed by atoms with Crippen LogP contribution in [0.4, 0.5) is 26.3 Å². The summed E-state index contributed by atoms with van der Waals surface area (Å²) >= 11 is 0. The molecule has 3 N–H and O–H groups in total. The Balaban J connectivity index is 1.82. The number of benzene rings is 2. The number of aromatic nitrogens is 6. The van der Waals surface area contributed by atoms with Crippen molar-refractivity contribution in [3.05, 3.63) is 83.4 Å². The van der Waals surface area contributed by atoms with Crippen LogP contribution in [-0.4, -0.2) is 78.4 Å². The van der Waals surface area contributed by atoms with Gasteiger partial charge in [-0.2, -0.15) is 26.3 Å². The first-order valence-electron chi connectivity index (χ1n) is 17.3. The van der Waals surface area contributed by atoms with Crippen molar-refractivity contribution < 1.29 is 50.3 Å². The molecule has 0 unspecified atom stereocenters. The second kappa shape index (κ2) is 17.3. The first-order valence-corrected chi connectivity index (χ1v) is 17.3. The third-order valence-electron chi connectivity index (χ3n) is 8.56. The van der Waals surface area contributed by atoms with Crippen molar-refractivity contribution in [3.8, 4) is 11.4 Å². The Morgan fingerprint density at radius 2 is 1.21 bits per heavy atom. The van der Waals surface area contributed by atoms with Gasteiger partial charge in [-0.1, -0.05) is 62.4 Å². The highest BCUT2D eigenvalue weighted by Gasteiger charge is 2.44. The summed E-state index contributed by atoms with van der Waals surface area (Å²) in [4.78, 5) is 53.7. The van der Waals surface area contributed by atoms with Gasteiger partial charge in [0.2, 0.25) is 17.7 Å². The number of hydrogen-bond donors (Lipinski definition) is 3. The molecule has 14 nitrogen and oxygen atoms in total. The van der Waals surface area contributed by atoms with Crippen LogP contribution in [0, 0.1) is 11.8 Å². The van der Waals surface area contributed by atoms with Crippen molar-refractivity contribution in [3.63, 3.8) is 0 Å². The van der Waals surface area contributed by atoms with E-state index in [2.05, 4.69) is 36.6 Å². The van der Waals surface area contributed by atoms with E-state index in [1.165, 1.54) is 24.3 Å². The van der Waals surface area contributed by atoms with Gasteiger partial charge in [-0.3, -0.25) is 14.4 Å². The smallest absolute Gasteiger partial charge is 0.418 e. The molecule has 4 aromatic rings. The number of hydrogen-bond acceptors (Lipinski definition) is 9. The lowest BCUT2D eigenvalue weighted by Gasteiger charge is -2.34. The second-order valence-corrected chi connectivity index (χ2v) is 13.9. The third-order valence-corrected chi connectivity index (χ3v) is 8.56. The molecule has 2 heterocycles.